The van der Waals surface area contributed by atoms with E-state index in [-0.39, 0.29) is 11.7 Å². The summed E-state index contributed by atoms with van der Waals surface area (Å²) in [5.74, 6) is 0. The average Bonchev–Trinajstić information content (AvgIpc) is 2.90. The first-order chi connectivity index (χ1) is 8.70. The summed E-state index contributed by atoms with van der Waals surface area (Å²) in [7, 11) is 0. The smallest absolute Gasteiger partial charge is 0.269 e. The van der Waals surface area contributed by atoms with Gasteiger partial charge in [0.05, 0.1) is 11.0 Å². The molecule has 0 aliphatic heterocycles. The minimum Gasteiger partial charge on any atom is -0.376 e. The lowest BCUT2D eigenvalue weighted by Gasteiger charge is -2.15. The molecule has 1 unspecified atom stereocenters. The van der Waals surface area contributed by atoms with Crippen LogP contribution in [0.4, 0.5) is 11.4 Å². The van der Waals surface area contributed by atoms with E-state index in [4.69, 9.17) is 0 Å². The van der Waals surface area contributed by atoms with E-state index in [0.717, 1.165) is 17.1 Å². The van der Waals surface area contributed by atoms with Crippen LogP contribution in [0.5, 0.6) is 0 Å². The van der Waals surface area contributed by atoms with Gasteiger partial charge in [-0.1, -0.05) is 6.92 Å². The van der Waals surface area contributed by atoms with Crippen LogP contribution < -0.4 is 5.32 Å². The van der Waals surface area contributed by atoms with Crippen LogP contribution >= 0.6 is 11.3 Å². The van der Waals surface area contributed by atoms with Gasteiger partial charge in [0.2, 0.25) is 0 Å². The summed E-state index contributed by atoms with van der Waals surface area (Å²) in [4.78, 5) is 14.4. The van der Waals surface area contributed by atoms with Crippen molar-refractivity contribution in [1.82, 2.24) is 4.98 Å². The molecule has 0 fully saturated rings. The van der Waals surface area contributed by atoms with Gasteiger partial charge >= 0.3 is 0 Å². The van der Waals surface area contributed by atoms with E-state index >= 15 is 0 Å². The SMILES string of the molecule is CCC(Nc1ccc([N+](=O)[O-])cc1)c1nccs1. The topological polar surface area (TPSA) is 68.1 Å². The minimum absolute atomic E-state index is 0.0999. The molecule has 5 nitrogen and oxygen atoms in total. The number of benzene rings is 1. The Morgan fingerprint density at radius 1 is 1.44 bits per heavy atom. The number of nitrogens with zero attached hydrogens (tertiary/aromatic N) is 2. The zero-order chi connectivity index (χ0) is 13.0. The van der Waals surface area contributed by atoms with Gasteiger partial charge in [0.1, 0.15) is 5.01 Å². The number of non-ortho nitro benzene ring substituents is 1. The summed E-state index contributed by atoms with van der Waals surface area (Å²) >= 11 is 1.60. The second-order valence-electron chi connectivity index (χ2n) is 3.78. The van der Waals surface area contributed by atoms with E-state index in [2.05, 4.69) is 17.2 Å². The molecule has 2 rings (SSSR count). The molecule has 1 aromatic heterocycles. The Morgan fingerprint density at radius 2 is 2.17 bits per heavy atom. The Bertz CT molecular complexity index is 511. The molecule has 1 atom stereocenters. The van der Waals surface area contributed by atoms with E-state index in [0.29, 0.717) is 0 Å². The maximum atomic E-state index is 10.6. The van der Waals surface area contributed by atoms with Crippen molar-refractivity contribution < 1.29 is 4.92 Å². The third kappa shape index (κ3) is 2.84. The van der Waals surface area contributed by atoms with Gasteiger partial charge in [0, 0.05) is 29.4 Å². The van der Waals surface area contributed by atoms with Crippen molar-refractivity contribution in [2.24, 2.45) is 0 Å². The highest BCUT2D eigenvalue weighted by atomic mass is 32.1. The number of nitrogens with one attached hydrogen (secondary N) is 1. The summed E-state index contributed by atoms with van der Waals surface area (Å²) in [6.07, 6.45) is 2.69. The van der Waals surface area contributed by atoms with Crippen LogP contribution in [0.2, 0.25) is 0 Å². The maximum Gasteiger partial charge on any atom is 0.269 e. The van der Waals surface area contributed by atoms with Gasteiger partial charge in [-0.2, -0.15) is 0 Å². The Kier molecular flexibility index (Phi) is 3.88. The summed E-state index contributed by atoms with van der Waals surface area (Å²) in [6, 6.07) is 6.57. The number of nitro groups is 1. The Balaban J connectivity index is 2.10. The molecule has 94 valence electrons. The highest BCUT2D eigenvalue weighted by Crippen LogP contribution is 2.25. The number of anilines is 1. The summed E-state index contributed by atoms with van der Waals surface area (Å²) in [5, 5.41) is 16.8. The fourth-order valence-electron chi connectivity index (χ4n) is 1.63. The first-order valence-electron chi connectivity index (χ1n) is 5.61. The van der Waals surface area contributed by atoms with Crippen LogP contribution in [-0.2, 0) is 0 Å². The second-order valence-corrected chi connectivity index (χ2v) is 4.71. The summed E-state index contributed by atoms with van der Waals surface area (Å²) < 4.78 is 0. The van der Waals surface area contributed by atoms with E-state index in [1.165, 1.54) is 12.1 Å². The van der Waals surface area contributed by atoms with Gasteiger partial charge in [-0.05, 0) is 18.6 Å². The molecule has 0 aliphatic rings. The summed E-state index contributed by atoms with van der Waals surface area (Å²) in [5.41, 5.74) is 0.963. The zero-order valence-corrected chi connectivity index (χ0v) is 10.7. The van der Waals surface area contributed by atoms with E-state index < -0.39 is 4.92 Å². The molecule has 0 saturated heterocycles. The standard InChI is InChI=1S/C12H13N3O2S/c1-2-11(12-13-7-8-18-12)14-9-3-5-10(6-4-9)15(16)17/h3-8,11,14H,2H2,1H3. The van der Waals surface area contributed by atoms with Crippen molar-refractivity contribution in [2.45, 2.75) is 19.4 Å². The molecule has 0 radical (unpaired) electrons. The molecule has 0 spiro atoms. The maximum absolute atomic E-state index is 10.6. The van der Waals surface area contributed by atoms with Crippen molar-refractivity contribution in [3.05, 3.63) is 51.0 Å². The third-order valence-electron chi connectivity index (χ3n) is 2.58. The highest BCUT2D eigenvalue weighted by molar-refractivity contribution is 7.09. The number of nitro benzene ring substituents is 1. The van der Waals surface area contributed by atoms with Crippen molar-refractivity contribution in [2.75, 3.05) is 5.32 Å². The number of hydrogen-bond donors (Lipinski definition) is 1. The minimum atomic E-state index is -0.401. The summed E-state index contributed by atoms with van der Waals surface area (Å²) in [6.45, 7) is 2.07. The van der Waals surface area contributed by atoms with Gasteiger partial charge in [-0.15, -0.1) is 11.3 Å². The molecular weight excluding hydrogens is 250 g/mol. The van der Waals surface area contributed by atoms with Crippen molar-refractivity contribution >= 4 is 22.7 Å². The predicted molar refractivity (Wildman–Crippen MR) is 71.9 cm³/mol. The molecule has 18 heavy (non-hydrogen) atoms. The lowest BCUT2D eigenvalue weighted by molar-refractivity contribution is -0.384. The fourth-order valence-corrected chi connectivity index (χ4v) is 2.40. The number of hydrogen-bond acceptors (Lipinski definition) is 5. The molecule has 0 bridgehead atoms. The quantitative estimate of drug-likeness (QED) is 0.661. The van der Waals surface area contributed by atoms with Gasteiger partial charge in [0.15, 0.2) is 0 Å². The van der Waals surface area contributed by atoms with Crippen LogP contribution in [-0.4, -0.2) is 9.91 Å². The zero-order valence-electron chi connectivity index (χ0n) is 9.87. The van der Waals surface area contributed by atoms with E-state index in [1.54, 1.807) is 29.7 Å². The highest BCUT2D eigenvalue weighted by Gasteiger charge is 2.12. The van der Waals surface area contributed by atoms with Crippen LogP contribution in [0.15, 0.2) is 35.8 Å². The average molecular weight is 263 g/mol. The fraction of sp³-hybridized carbons (Fsp3) is 0.250. The molecule has 0 saturated carbocycles. The monoisotopic (exact) mass is 263 g/mol. The van der Waals surface area contributed by atoms with Gasteiger partial charge in [-0.25, -0.2) is 4.98 Å². The second kappa shape index (κ2) is 5.59. The van der Waals surface area contributed by atoms with E-state index in [9.17, 15) is 10.1 Å². The van der Waals surface area contributed by atoms with Gasteiger partial charge in [-0.3, -0.25) is 10.1 Å². The van der Waals surface area contributed by atoms with Crippen LogP contribution in [0.25, 0.3) is 0 Å². The normalized spacial score (nSPS) is 12.1. The lowest BCUT2D eigenvalue weighted by Crippen LogP contribution is -2.09. The molecule has 1 N–H and O–H groups in total. The Labute approximate surface area is 109 Å². The Morgan fingerprint density at radius 3 is 2.67 bits per heavy atom. The molecule has 2 aromatic rings. The number of aromatic nitrogens is 1. The molecule has 6 heteroatoms. The largest absolute Gasteiger partial charge is 0.376 e. The first kappa shape index (κ1) is 12.5. The van der Waals surface area contributed by atoms with Crippen LogP contribution in [0.3, 0.4) is 0 Å². The number of thiazole rings is 1. The van der Waals surface area contributed by atoms with Crippen molar-refractivity contribution in [3.8, 4) is 0 Å². The van der Waals surface area contributed by atoms with Crippen LogP contribution in [0.1, 0.15) is 24.4 Å². The van der Waals surface area contributed by atoms with Crippen molar-refractivity contribution in [1.29, 1.82) is 0 Å². The lowest BCUT2D eigenvalue weighted by atomic mass is 10.2. The molecule has 1 heterocycles. The molecule has 0 amide bonds. The Hall–Kier alpha value is -1.95. The number of rotatable bonds is 5. The molecule has 1 aromatic carbocycles. The molecule has 0 aliphatic carbocycles. The van der Waals surface area contributed by atoms with Crippen molar-refractivity contribution in [3.63, 3.8) is 0 Å². The van der Waals surface area contributed by atoms with E-state index in [1.807, 2.05) is 5.38 Å². The first-order valence-corrected chi connectivity index (χ1v) is 6.49. The molecular formula is C12H13N3O2S. The predicted octanol–water partition coefficient (Wildman–Crippen LogP) is 3.61. The third-order valence-corrected chi connectivity index (χ3v) is 3.47. The van der Waals surface area contributed by atoms with Crippen LogP contribution in [0, 0.1) is 10.1 Å². The van der Waals surface area contributed by atoms with Gasteiger partial charge in [0.25, 0.3) is 5.69 Å². The van der Waals surface area contributed by atoms with Gasteiger partial charge < -0.3 is 5.32 Å².